The van der Waals surface area contributed by atoms with Gasteiger partial charge in [-0.05, 0) is 19.3 Å². The highest BCUT2D eigenvalue weighted by atomic mass is 16.4. The topological polar surface area (TPSA) is 87.7 Å². The molecule has 0 aromatic rings. The fraction of sp³-hybridized carbons (Fsp3) is 0.833. The quantitative estimate of drug-likeness (QED) is 0.296. The SMILES string of the molecule is CC(NC(=O)CCC1CCCCC1)/C(N)=N/O. The van der Waals surface area contributed by atoms with Gasteiger partial charge in [-0.15, -0.1) is 0 Å². The summed E-state index contributed by atoms with van der Waals surface area (Å²) in [4.78, 5) is 11.6. The molecule has 0 heterocycles. The molecule has 1 aliphatic carbocycles. The Morgan fingerprint density at radius 1 is 1.47 bits per heavy atom. The average molecular weight is 241 g/mol. The molecule has 5 heteroatoms. The number of nitrogens with zero attached hydrogens (tertiary/aromatic N) is 1. The third-order valence-corrected chi connectivity index (χ3v) is 3.44. The molecular formula is C12H23N3O2. The van der Waals surface area contributed by atoms with Crippen LogP contribution in [0.4, 0.5) is 0 Å². The van der Waals surface area contributed by atoms with E-state index in [2.05, 4.69) is 10.5 Å². The molecule has 1 amide bonds. The van der Waals surface area contributed by atoms with Crippen molar-refractivity contribution in [2.45, 2.75) is 57.9 Å². The first-order valence-electron chi connectivity index (χ1n) is 6.40. The van der Waals surface area contributed by atoms with Crippen LogP contribution in [0.25, 0.3) is 0 Å². The van der Waals surface area contributed by atoms with E-state index < -0.39 is 6.04 Å². The van der Waals surface area contributed by atoms with Crippen molar-refractivity contribution in [3.8, 4) is 0 Å². The van der Waals surface area contributed by atoms with Crippen molar-refractivity contribution in [2.24, 2.45) is 16.8 Å². The zero-order chi connectivity index (χ0) is 12.7. The summed E-state index contributed by atoms with van der Waals surface area (Å²) >= 11 is 0. The number of nitrogens with two attached hydrogens (primary N) is 1. The Morgan fingerprint density at radius 2 is 2.12 bits per heavy atom. The third-order valence-electron chi connectivity index (χ3n) is 3.44. The van der Waals surface area contributed by atoms with Crippen LogP contribution in [0.1, 0.15) is 51.9 Å². The Bertz CT molecular complexity index is 273. The number of nitrogens with one attached hydrogen (secondary N) is 1. The molecule has 4 N–H and O–H groups in total. The van der Waals surface area contributed by atoms with E-state index in [4.69, 9.17) is 10.9 Å². The minimum Gasteiger partial charge on any atom is -0.409 e. The molecular weight excluding hydrogens is 218 g/mol. The second kappa shape index (κ2) is 7.14. The monoisotopic (exact) mass is 241 g/mol. The molecule has 1 aliphatic rings. The predicted octanol–water partition coefficient (Wildman–Crippen LogP) is 1.60. The lowest BCUT2D eigenvalue weighted by Gasteiger charge is -2.21. The zero-order valence-electron chi connectivity index (χ0n) is 10.5. The molecule has 17 heavy (non-hydrogen) atoms. The van der Waals surface area contributed by atoms with Crippen LogP contribution in [0.3, 0.4) is 0 Å². The summed E-state index contributed by atoms with van der Waals surface area (Å²) in [5.74, 6) is 0.722. The van der Waals surface area contributed by atoms with Gasteiger partial charge in [0.15, 0.2) is 5.84 Å². The third kappa shape index (κ3) is 5.06. The molecule has 0 spiro atoms. The van der Waals surface area contributed by atoms with E-state index in [1.165, 1.54) is 32.1 Å². The first-order chi connectivity index (χ1) is 8.13. The number of amides is 1. The van der Waals surface area contributed by atoms with Gasteiger partial charge < -0.3 is 16.3 Å². The van der Waals surface area contributed by atoms with Gasteiger partial charge in [0.1, 0.15) is 0 Å². The summed E-state index contributed by atoms with van der Waals surface area (Å²) in [6.45, 7) is 1.70. The lowest BCUT2D eigenvalue weighted by Crippen LogP contribution is -2.42. The van der Waals surface area contributed by atoms with Crippen molar-refractivity contribution in [1.82, 2.24) is 5.32 Å². The normalized spacial score (nSPS) is 19.9. The van der Waals surface area contributed by atoms with Gasteiger partial charge >= 0.3 is 0 Å². The summed E-state index contributed by atoms with van der Waals surface area (Å²) in [5.41, 5.74) is 5.39. The van der Waals surface area contributed by atoms with Crippen LogP contribution in [0, 0.1) is 5.92 Å². The Balaban J connectivity index is 2.20. The standard InChI is InChI=1S/C12H23N3O2/c1-9(12(13)15-17)14-11(16)8-7-10-5-3-2-4-6-10/h9-10,17H,2-8H2,1H3,(H2,13,15)(H,14,16). The van der Waals surface area contributed by atoms with E-state index >= 15 is 0 Å². The lowest BCUT2D eigenvalue weighted by molar-refractivity contribution is -0.121. The number of hydrogen-bond donors (Lipinski definition) is 3. The number of amidine groups is 1. The molecule has 1 fully saturated rings. The Hall–Kier alpha value is -1.26. The van der Waals surface area contributed by atoms with E-state index in [9.17, 15) is 4.79 Å². The van der Waals surface area contributed by atoms with Crippen molar-refractivity contribution in [3.63, 3.8) is 0 Å². The van der Waals surface area contributed by atoms with Crippen LogP contribution in [0.5, 0.6) is 0 Å². The minimum atomic E-state index is -0.404. The molecule has 0 radical (unpaired) electrons. The van der Waals surface area contributed by atoms with Crippen LogP contribution < -0.4 is 11.1 Å². The maximum absolute atomic E-state index is 11.6. The fourth-order valence-electron chi connectivity index (χ4n) is 2.29. The van der Waals surface area contributed by atoms with Gasteiger partial charge in [0.05, 0.1) is 6.04 Å². The highest BCUT2D eigenvalue weighted by Gasteiger charge is 2.16. The summed E-state index contributed by atoms with van der Waals surface area (Å²) in [7, 11) is 0. The van der Waals surface area contributed by atoms with Gasteiger partial charge in [-0.1, -0.05) is 37.3 Å². The zero-order valence-corrected chi connectivity index (χ0v) is 10.5. The van der Waals surface area contributed by atoms with E-state index in [-0.39, 0.29) is 11.7 Å². The number of hydrogen-bond acceptors (Lipinski definition) is 3. The van der Waals surface area contributed by atoms with Crippen LogP contribution in [-0.4, -0.2) is 23.0 Å². The maximum Gasteiger partial charge on any atom is 0.220 e. The second-order valence-corrected chi connectivity index (χ2v) is 4.86. The van der Waals surface area contributed by atoms with Crippen molar-refractivity contribution in [1.29, 1.82) is 0 Å². The number of oxime groups is 1. The highest BCUT2D eigenvalue weighted by molar-refractivity contribution is 5.89. The van der Waals surface area contributed by atoms with Crippen molar-refractivity contribution in [2.75, 3.05) is 0 Å². The van der Waals surface area contributed by atoms with Gasteiger partial charge in [0.2, 0.25) is 5.91 Å². The Kier molecular flexibility index (Phi) is 5.80. The fourth-order valence-corrected chi connectivity index (χ4v) is 2.29. The Morgan fingerprint density at radius 3 is 2.71 bits per heavy atom. The van der Waals surface area contributed by atoms with E-state index in [0.29, 0.717) is 12.3 Å². The van der Waals surface area contributed by atoms with Crippen LogP contribution in [0.2, 0.25) is 0 Å². The largest absolute Gasteiger partial charge is 0.409 e. The lowest BCUT2D eigenvalue weighted by atomic mass is 9.86. The molecule has 5 nitrogen and oxygen atoms in total. The highest BCUT2D eigenvalue weighted by Crippen LogP contribution is 2.27. The molecule has 1 rings (SSSR count). The van der Waals surface area contributed by atoms with Gasteiger partial charge in [0.25, 0.3) is 0 Å². The summed E-state index contributed by atoms with van der Waals surface area (Å²) in [5, 5.41) is 14.1. The van der Waals surface area contributed by atoms with E-state index in [0.717, 1.165) is 6.42 Å². The van der Waals surface area contributed by atoms with Crippen LogP contribution in [-0.2, 0) is 4.79 Å². The molecule has 1 unspecified atom stereocenters. The van der Waals surface area contributed by atoms with E-state index in [1.54, 1.807) is 6.92 Å². The van der Waals surface area contributed by atoms with Gasteiger partial charge in [-0.2, -0.15) is 0 Å². The molecule has 1 saturated carbocycles. The number of carbonyl (C=O) groups is 1. The molecule has 1 atom stereocenters. The first kappa shape index (κ1) is 13.8. The van der Waals surface area contributed by atoms with Crippen LogP contribution in [0.15, 0.2) is 5.16 Å². The summed E-state index contributed by atoms with van der Waals surface area (Å²) < 4.78 is 0. The number of rotatable bonds is 5. The number of carbonyl (C=O) groups excluding carboxylic acids is 1. The smallest absolute Gasteiger partial charge is 0.220 e. The maximum atomic E-state index is 11.6. The molecule has 0 aromatic carbocycles. The molecule has 0 saturated heterocycles. The summed E-state index contributed by atoms with van der Waals surface area (Å²) in [6.07, 6.45) is 7.93. The van der Waals surface area contributed by atoms with Gasteiger partial charge in [-0.3, -0.25) is 4.79 Å². The van der Waals surface area contributed by atoms with Crippen molar-refractivity contribution < 1.29 is 10.0 Å². The van der Waals surface area contributed by atoms with Crippen molar-refractivity contribution in [3.05, 3.63) is 0 Å². The average Bonchev–Trinajstić information content (AvgIpc) is 2.36. The molecule has 0 aromatic heterocycles. The van der Waals surface area contributed by atoms with Crippen molar-refractivity contribution >= 4 is 11.7 Å². The van der Waals surface area contributed by atoms with Crippen LogP contribution >= 0.6 is 0 Å². The van der Waals surface area contributed by atoms with Gasteiger partial charge in [-0.25, -0.2) is 0 Å². The Labute approximate surface area is 102 Å². The molecule has 0 bridgehead atoms. The molecule has 0 aliphatic heterocycles. The van der Waals surface area contributed by atoms with E-state index in [1.807, 2.05) is 0 Å². The second-order valence-electron chi connectivity index (χ2n) is 4.86. The predicted molar refractivity (Wildman–Crippen MR) is 66.8 cm³/mol. The summed E-state index contributed by atoms with van der Waals surface area (Å²) in [6, 6.07) is -0.404. The van der Waals surface area contributed by atoms with Gasteiger partial charge in [0, 0.05) is 6.42 Å². The first-order valence-corrected chi connectivity index (χ1v) is 6.40. The minimum absolute atomic E-state index is 0.0188. The molecule has 98 valence electrons.